The summed E-state index contributed by atoms with van der Waals surface area (Å²) in [5.74, 6) is 0. The summed E-state index contributed by atoms with van der Waals surface area (Å²) in [5, 5.41) is 0.710. The smallest absolute Gasteiger partial charge is 0.178 e. The zero-order chi connectivity index (χ0) is 11.1. The lowest BCUT2D eigenvalue weighted by Crippen LogP contribution is -2.08. The first-order chi connectivity index (χ1) is 7.77. The van der Waals surface area contributed by atoms with Crippen LogP contribution in [0.3, 0.4) is 0 Å². The highest BCUT2D eigenvalue weighted by Gasteiger charge is 2.20. The quantitative estimate of drug-likeness (QED) is 0.792. The molecule has 2 aromatic rings. The minimum atomic E-state index is 0.333. The first-order valence-electron chi connectivity index (χ1n) is 5.24. The standard InChI is InChI=1S/C11H11ClN2OS/c12-8-2-1-3-9-10(8)13-11(16)14(9)7-4-5-15-6-7/h1-3,7H,4-6H2,(H,13,16). The molecule has 0 radical (unpaired) electrons. The largest absolute Gasteiger partial charge is 0.379 e. The number of imidazole rings is 1. The highest BCUT2D eigenvalue weighted by Crippen LogP contribution is 2.28. The summed E-state index contributed by atoms with van der Waals surface area (Å²) in [5.41, 5.74) is 1.98. The SMILES string of the molecule is S=c1[nH]c2c(Cl)cccc2n1C1CCOC1. The molecule has 1 aliphatic heterocycles. The summed E-state index contributed by atoms with van der Waals surface area (Å²) in [6.07, 6.45) is 1.01. The Morgan fingerprint density at radius 2 is 2.38 bits per heavy atom. The molecule has 0 spiro atoms. The fourth-order valence-electron chi connectivity index (χ4n) is 2.20. The molecule has 5 heteroatoms. The van der Waals surface area contributed by atoms with Gasteiger partial charge in [-0.25, -0.2) is 0 Å². The minimum absolute atomic E-state index is 0.333. The van der Waals surface area contributed by atoms with Crippen LogP contribution in [0.5, 0.6) is 0 Å². The molecule has 1 aliphatic rings. The maximum Gasteiger partial charge on any atom is 0.178 e. The number of para-hydroxylation sites is 1. The van der Waals surface area contributed by atoms with Crippen molar-refractivity contribution in [3.8, 4) is 0 Å². The molecule has 1 atom stereocenters. The molecule has 0 saturated carbocycles. The summed E-state index contributed by atoms with van der Waals surface area (Å²) >= 11 is 11.5. The normalized spacial score (nSPS) is 20.7. The molecule has 0 amide bonds. The number of fused-ring (bicyclic) bond motifs is 1. The zero-order valence-corrected chi connectivity index (χ0v) is 10.1. The third-order valence-corrected chi connectivity index (χ3v) is 3.59. The molecule has 84 valence electrons. The van der Waals surface area contributed by atoms with Crippen LogP contribution in [-0.2, 0) is 4.74 Å². The molecular formula is C11H11ClN2OS. The number of halogens is 1. The van der Waals surface area contributed by atoms with E-state index in [-0.39, 0.29) is 0 Å². The van der Waals surface area contributed by atoms with Crippen LogP contribution in [0.15, 0.2) is 18.2 Å². The number of aromatic nitrogens is 2. The molecule has 2 heterocycles. The fraction of sp³-hybridized carbons (Fsp3) is 0.364. The second-order valence-corrected chi connectivity index (χ2v) is 4.75. The second kappa shape index (κ2) is 3.87. The van der Waals surface area contributed by atoms with E-state index in [1.165, 1.54) is 0 Å². The molecule has 0 bridgehead atoms. The van der Waals surface area contributed by atoms with Crippen LogP contribution < -0.4 is 0 Å². The molecule has 16 heavy (non-hydrogen) atoms. The number of nitrogens with one attached hydrogen (secondary N) is 1. The summed E-state index contributed by atoms with van der Waals surface area (Å²) < 4.78 is 8.24. The highest BCUT2D eigenvalue weighted by atomic mass is 35.5. The second-order valence-electron chi connectivity index (χ2n) is 3.95. The van der Waals surface area contributed by atoms with Gasteiger partial charge in [-0.1, -0.05) is 17.7 Å². The highest BCUT2D eigenvalue weighted by molar-refractivity contribution is 7.71. The predicted octanol–water partition coefficient (Wildman–Crippen LogP) is 3.31. The number of ether oxygens (including phenoxy) is 1. The van der Waals surface area contributed by atoms with Gasteiger partial charge in [-0.2, -0.15) is 0 Å². The molecular weight excluding hydrogens is 244 g/mol. The lowest BCUT2D eigenvalue weighted by molar-refractivity contribution is 0.187. The van der Waals surface area contributed by atoms with Crippen molar-refractivity contribution in [3.63, 3.8) is 0 Å². The first kappa shape index (κ1) is 10.3. The third-order valence-electron chi connectivity index (χ3n) is 2.97. The monoisotopic (exact) mass is 254 g/mol. The summed E-state index contributed by atoms with van der Waals surface area (Å²) in [7, 11) is 0. The van der Waals surface area contributed by atoms with Crippen molar-refractivity contribution in [1.82, 2.24) is 9.55 Å². The summed E-state index contributed by atoms with van der Waals surface area (Å²) in [4.78, 5) is 3.16. The number of H-pyrrole nitrogens is 1. The maximum absolute atomic E-state index is 6.13. The van der Waals surface area contributed by atoms with Gasteiger partial charge in [0.2, 0.25) is 0 Å². The van der Waals surface area contributed by atoms with E-state index in [1.54, 1.807) is 0 Å². The van der Waals surface area contributed by atoms with Crippen LogP contribution >= 0.6 is 23.8 Å². The van der Waals surface area contributed by atoms with Crippen molar-refractivity contribution in [3.05, 3.63) is 28.0 Å². The average molecular weight is 255 g/mol. The zero-order valence-electron chi connectivity index (χ0n) is 8.57. The van der Waals surface area contributed by atoms with Gasteiger partial charge in [-0.3, -0.25) is 0 Å². The summed E-state index contributed by atoms with van der Waals surface area (Å²) in [6, 6.07) is 6.18. The lowest BCUT2D eigenvalue weighted by atomic mass is 10.2. The summed E-state index contributed by atoms with van der Waals surface area (Å²) in [6.45, 7) is 1.54. The van der Waals surface area contributed by atoms with Crippen molar-refractivity contribution in [2.75, 3.05) is 13.2 Å². The molecule has 3 nitrogen and oxygen atoms in total. The van der Waals surface area contributed by atoms with E-state index in [1.807, 2.05) is 18.2 Å². The molecule has 0 aliphatic carbocycles. The van der Waals surface area contributed by atoms with Crippen molar-refractivity contribution in [2.24, 2.45) is 0 Å². The van der Waals surface area contributed by atoms with Crippen LogP contribution in [0.1, 0.15) is 12.5 Å². The van der Waals surface area contributed by atoms with E-state index < -0.39 is 0 Å². The fourth-order valence-corrected chi connectivity index (χ4v) is 2.77. The minimum Gasteiger partial charge on any atom is -0.379 e. The molecule has 1 N–H and O–H groups in total. The van der Waals surface area contributed by atoms with Gasteiger partial charge in [-0.15, -0.1) is 0 Å². The number of hydrogen-bond acceptors (Lipinski definition) is 2. The number of hydrogen-bond donors (Lipinski definition) is 1. The Labute approximate surface area is 103 Å². The molecule has 1 aromatic heterocycles. The molecule has 1 aromatic carbocycles. The average Bonchev–Trinajstić information content (AvgIpc) is 2.85. The van der Waals surface area contributed by atoms with Gasteiger partial charge in [0.05, 0.1) is 28.7 Å². The van der Waals surface area contributed by atoms with Crippen LogP contribution in [0.2, 0.25) is 5.02 Å². The Hall–Kier alpha value is -0.840. The van der Waals surface area contributed by atoms with Crippen LogP contribution in [0.4, 0.5) is 0 Å². The van der Waals surface area contributed by atoms with E-state index in [9.17, 15) is 0 Å². The Morgan fingerprint density at radius 1 is 1.50 bits per heavy atom. The third kappa shape index (κ3) is 1.49. The molecule has 1 fully saturated rings. The number of benzene rings is 1. The van der Waals surface area contributed by atoms with Gasteiger partial charge in [0.1, 0.15) is 0 Å². The Morgan fingerprint density at radius 3 is 3.12 bits per heavy atom. The van der Waals surface area contributed by atoms with Gasteiger partial charge in [0.25, 0.3) is 0 Å². The van der Waals surface area contributed by atoms with Crippen LogP contribution in [0, 0.1) is 4.77 Å². The van der Waals surface area contributed by atoms with E-state index in [0.717, 1.165) is 35.4 Å². The van der Waals surface area contributed by atoms with Gasteiger partial charge in [0, 0.05) is 6.61 Å². The van der Waals surface area contributed by atoms with Gasteiger partial charge in [-0.05, 0) is 30.8 Å². The van der Waals surface area contributed by atoms with E-state index >= 15 is 0 Å². The van der Waals surface area contributed by atoms with Gasteiger partial charge in [0.15, 0.2) is 4.77 Å². The van der Waals surface area contributed by atoms with Crippen molar-refractivity contribution < 1.29 is 4.74 Å². The first-order valence-corrected chi connectivity index (χ1v) is 6.02. The molecule has 1 unspecified atom stereocenters. The van der Waals surface area contributed by atoms with Crippen molar-refractivity contribution in [1.29, 1.82) is 0 Å². The van der Waals surface area contributed by atoms with E-state index in [0.29, 0.717) is 11.1 Å². The maximum atomic E-state index is 6.13. The van der Waals surface area contributed by atoms with E-state index in [2.05, 4.69) is 9.55 Å². The Kier molecular flexibility index (Phi) is 2.50. The lowest BCUT2D eigenvalue weighted by Gasteiger charge is -2.10. The van der Waals surface area contributed by atoms with Crippen LogP contribution in [0.25, 0.3) is 11.0 Å². The number of nitrogens with zero attached hydrogens (tertiary/aromatic N) is 1. The number of rotatable bonds is 1. The predicted molar refractivity (Wildman–Crippen MR) is 66.6 cm³/mol. The Balaban J connectivity index is 2.27. The van der Waals surface area contributed by atoms with Crippen molar-refractivity contribution >= 4 is 34.9 Å². The van der Waals surface area contributed by atoms with Gasteiger partial charge >= 0.3 is 0 Å². The van der Waals surface area contributed by atoms with E-state index in [4.69, 9.17) is 28.6 Å². The molecule has 3 rings (SSSR count). The van der Waals surface area contributed by atoms with Crippen molar-refractivity contribution in [2.45, 2.75) is 12.5 Å². The topological polar surface area (TPSA) is 29.9 Å². The van der Waals surface area contributed by atoms with Gasteiger partial charge < -0.3 is 14.3 Å². The Bertz CT molecular complexity index is 583. The molecule has 1 saturated heterocycles. The number of aromatic amines is 1. The van der Waals surface area contributed by atoms with Crippen LogP contribution in [-0.4, -0.2) is 22.8 Å².